The molecule has 1 atom stereocenters. The second-order valence-corrected chi connectivity index (χ2v) is 11.4. The summed E-state index contributed by atoms with van der Waals surface area (Å²) in [6.07, 6.45) is 1.60. The predicted molar refractivity (Wildman–Crippen MR) is 182 cm³/mol. The number of amides is 1. The van der Waals surface area contributed by atoms with Gasteiger partial charge in [0.2, 0.25) is 0 Å². The van der Waals surface area contributed by atoms with Crippen molar-refractivity contribution in [3.63, 3.8) is 0 Å². The van der Waals surface area contributed by atoms with Gasteiger partial charge in [-0.3, -0.25) is 24.3 Å². The van der Waals surface area contributed by atoms with E-state index in [0.29, 0.717) is 34.1 Å². The number of nitrogens with one attached hydrogen (secondary N) is 1. The van der Waals surface area contributed by atoms with Gasteiger partial charge in [-0.25, -0.2) is 4.79 Å². The molecule has 15 heteroatoms. The fourth-order valence-corrected chi connectivity index (χ4v) is 6.61. The number of methoxy groups -OCH3 is 4. The number of hydrogen-bond acceptors (Lipinski definition) is 12. The van der Waals surface area contributed by atoms with Crippen molar-refractivity contribution in [1.82, 2.24) is 4.57 Å². The first kappa shape index (κ1) is 34.3. The first-order valence-electron chi connectivity index (χ1n) is 14.7. The van der Waals surface area contributed by atoms with Crippen LogP contribution in [0.5, 0.6) is 23.0 Å². The molecule has 4 aromatic rings. The molecule has 0 radical (unpaired) electrons. The van der Waals surface area contributed by atoms with Gasteiger partial charge in [-0.1, -0.05) is 18.2 Å². The van der Waals surface area contributed by atoms with Gasteiger partial charge in [0, 0.05) is 17.8 Å². The maximum Gasteiger partial charge on any atom is 0.338 e. The van der Waals surface area contributed by atoms with Crippen molar-refractivity contribution in [1.29, 1.82) is 0 Å². The van der Waals surface area contributed by atoms with Crippen molar-refractivity contribution in [3.05, 3.63) is 107 Å². The summed E-state index contributed by atoms with van der Waals surface area (Å²) < 4.78 is 28.5. The lowest BCUT2D eigenvalue weighted by Gasteiger charge is -2.28. The van der Waals surface area contributed by atoms with Crippen LogP contribution >= 0.6 is 11.3 Å². The summed E-state index contributed by atoms with van der Waals surface area (Å²) in [5.74, 6) is -1.40. The number of esters is 1. The molecule has 0 saturated carbocycles. The highest BCUT2D eigenvalue weighted by molar-refractivity contribution is 7.07. The lowest BCUT2D eigenvalue weighted by atomic mass is 9.82. The quantitative estimate of drug-likeness (QED) is 0.134. The van der Waals surface area contributed by atoms with Crippen molar-refractivity contribution < 1.29 is 38.2 Å². The Morgan fingerprint density at radius 2 is 1.59 bits per heavy atom. The van der Waals surface area contributed by atoms with Crippen molar-refractivity contribution in [2.24, 2.45) is 5.73 Å². The number of ether oxygens (including phenoxy) is 5. The number of fused-ring (bicyclic) bond motifs is 1. The lowest BCUT2D eigenvalue weighted by molar-refractivity contribution is -0.384. The van der Waals surface area contributed by atoms with Crippen LogP contribution in [0.1, 0.15) is 24.0 Å². The Hall–Kier alpha value is -6.09. The Labute approximate surface area is 283 Å². The van der Waals surface area contributed by atoms with Gasteiger partial charge in [-0.05, 0) is 54.5 Å². The van der Waals surface area contributed by atoms with Gasteiger partial charge >= 0.3 is 5.97 Å². The SMILES string of the molecule is CCOC(=O)C1=C(N)n2c(s/c(=C\c3ccc(OC)c(OC)c3)c2=O)=C(C(=O)Nc2cccc([N+](=O)[O-])c2)C1c1ccc(OC)c(OC)c1. The fraction of sp³-hybridized carbons (Fsp3) is 0.206. The van der Waals surface area contributed by atoms with Gasteiger partial charge in [0.25, 0.3) is 17.2 Å². The number of non-ortho nitro benzene ring substituents is 1. The molecule has 1 aliphatic heterocycles. The van der Waals surface area contributed by atoms with Crippen LogP contribution in [0.15, 0.2) is 71.0 Å². The third-order valence-corrected chi connectivity index (χ3v) is 8.76. The summed E-state index contributed by atoms with van der Waals surface area (Å²) >= 11 is 0.977. The molecule has 254 valence electrons. The number of carbonyl (C=O) groups is 2. The van der Waals surface area contributed by atoms with Crippen LogP contribution in [0.2, 0.25) is 0 Å². The van der Waals surface area contributed by atoms with E-state index in [4.69, 9.17) is 29.4 Å². The molecule has 2 heterocycles. The fourth-order valence-electron chi connectivity index (χ4n) is 5.43. The summed E-state index contributed by atoms with van der Waals surface area (Å²) in [5, 5.41) is 14.2. The number of nitrogens with zero attached hydrogens (tertiary/aromatic N) is 2. The zero-order valence-electron chi connectivity index (χ0n) is 27.1. The number of nitro groups is 1. The lowest BCUT2D eigenvalue weighted by Crippen LogP contribution is -2.42. The summed E-state index contributed by atoms with van der Waals surface area (Å²) in [5.41, 5.74) is 6.70. The van der Waals surface area contributed by atoms with E-state index in [2.05, 4.69) is 5.32 Å². The van der Waals surface area contributed by atoms with E-state index in [-0.39, 0.29) is 44.1 Å². The third-order valence-electron chi connectivity index (χ3n) is 7.65. The van der Waals surface area contributed by atoms with E-state index in [1.807, 2.05) is 0 Å². The largest absolute Gasteiger partial charge is 0.493 e. The van der Waals surface area contributed by atoms with Gasteiger partial charge in [0.1, 0.15) is 10.5 Å². The standard InChI is InChI=1S/C34H32N4O10S/c1-6-48-34(41)28-27(19-11-13-23(45-3)25(16-19)47-5)29(31(39)36-20-8-7-9-21(17-20)38(42)43)33-37(30(28)35)32(40)26(49-33)15-18-10-12-22(44-2)24(14-18)46-4/h7-17,27H,6,35H2,1-5H3,(H,36,39)/b26-15-. The first-order valence-corrected chi connectivity index (χ1v) is 15.5. The Morgan fingerprint density at radius 3 is 2.22 bits per heavy atom. The second-order valence-electron chi connectivity index (χ2n) is 10.4. The Kier molecular flexibility index (Phi) is 10.0. The minimum Gasteiger partial charge on any atom is -0.493 e. The first-order chi connectivity index (χ1) is 23.6. The molecule has 0 spiro atoms. The molecule has 1 aromatic heterocycles. The number of nitro benzene ring substituents is 1. The van der Waals surface area contributed by atoms with Crippen molar-refractivity contribution in [2.45, 2.75) is 12.8 Å². The summed E-state index contributed by atoms with van der Waals surface area (Å²) in [4.78, 5) is 53.0. The number of rotatable bonds is 11. The van der Waals surface area contributed by atoms with Crippen molar-refractivity contribution in [3.8, 4) is 23.0 Å². The van der Waals surface area contributed by atoms with E-state index < -0.39 is 28.3 Å². The van der Waals surface area contributed by atoms with Crippen molar-refractivity contribution >= 4 is 52.1 Å². The second kappa shape index (κ2) is 14.4. The number of carbonyl (C=O) groups excluding carboxylic acids is 2. The molecule has 0 bridgehead atoms. The molecule has 1 aliphatic rings. The number of aromatic nitrogens is 1. The third kappa shape index (κ3) is 6.56. The highest BCUT2D eigenvalue weighted by atomic mass is 32.1. The molecule has 0 saturated heterocycles. The van der Waals surface area contributed by atoms with Crippen LogP contribution in [0.3, 0.4) is 0 Å². The minimum atomic E-state index is -1.18. The van der Waals surface area contributed by atoms with Crippen LogP contribution < -0.4 is 44.8 Å². The topological polar surface area (TPSA) is 183 Å². The van der Waals surface area contributed by atoms with E-state index in [1.165, 1.54) is 52.7 Å². The van der Waals surface area contributed by atoms with E-state index >= 15 is 0 Å². The zero-order chi connectivity index (χ0) is 35.4. The molecular formula is C34H32N4O10S. The van der Waals surface area contributed by atoms with Gasteiger partial charge < -0.3 is 34.7 Å². The van der Waals surface area contributed by atoms with Crippen LogP contribution in [-0.2, 0) is 14.3 Å². The summed E-state index contributed by atoms with van der Waals surface area (Å²) in [7, 11) is 5.89. The molecule has 5 rings (SSSR count). The number of hydrogen-bond donors (Lipinski definition) is 2. The molecule has 1 amide bonds. The highest BCUT2D eigenvalue weighted by Gasteiger charge is 2.40. The molecular weight excluding hydrogens is 656 g/mol. The highest BCUT2D eigenvalue weighted by Crippen LogP contribution is 2.41. The van der Waals surface area contributed by atoms with Gasteiger partial charge in [0.15, 0.2) is 23.0 Å². The Balaban J connectivity index is 1.85. The summed E-state index contributed by atoms with van der Waals surface area (Å²) in [6, 6.07) is 15.3. The number of benzene rings is 3. The normalized spacial score (nSPS) is 14.2. The van der Waals surface area contributed by atoms with Crippen LogP contribution in [0.25, 0.3) is 17.5 Å². The molecule has 0 aliphatic carbocycles. The molecule has 3 N–H and O–H groups in total. The number of thiazole rings is 1. The van der Waals surface area contributed by atoms with Crippen LogP contribution in [0.4, 0.5) is 11.4 Å². The van der Waals surface area contributed by atoms with Crippen LogP contribution in [0, 0.1) is 10.1 Å². The average Bonchev–Trinajstić information content (AvgIpc) is 3.42. The monoisotopic (exact) mass is 688 g/mol. The Bertz CT molecular complexity index is 2190. The number of nitrogens with two attached hydrogens (primary N) is 1. The molecule has 3 aromatic carbocycles. The zero-order valence-corrected chi connectivity index (χ0v) is 27.9. The van der Waals surface area contributed by atoms with E-state index in [1.54, 1.807) is 49.4 Å². The predicted octanol–water partition coefficient (Wildman–Crippen LogP) is 2.96. The molecule has 0 fully saturated rings. The Morgan fingerprint density at radius 1 is 0.939 bits per heavy atom. The van der Waals surface area contributed by atoms with E-state index in [0.717, 1.165) is 15.9 Å². The minimum absolute atomic E-state index is 0.0206. The van der Waals surface area contributed by atoms with Crippen LogP contribution in [-0.4, -0.2) is 56.4 Å². The molecule has 49 heavy (non-hydrogen) atoms. The number of anilines is 1. The molecule has 14 nitrogen and oxygen atoms in total. The van der Waals surface area contributed by atoms with Crippen molar-refractivity contribution in [2.75, 3.05) is 40.4 Å². The average molecular weight is 689 g/mol. The maximum absolute atomic E-state index is 14.4. The van der Waals surface area contributed by atoms with Gasteiger partial charge in [-0.15, -0.1) is 11.3 Å². The smallest absolute Gasteiger partial charge is 0.338 e. The summed E-state index contributed by atoms with van der Waals surface area (Å²) in [6.45, 7) is 1.59. The maximum atomic E-state index is 14.4. The van der Waals surface area contributed by atoms with Gasteiger partial charge in [-0.2, -0.15) is 0 Å². The van der Waals surface area contributed by atoms with E-state index in [9.17, 15) is 24.5 Å². The van der Waals surface area contributed by atoms with Gasteiger partial charge in [0.05, 0.1) is 61.6 Å². The molecule has 1 unspecified atom stereocenters.